The molecule has 24 heavy (non-hydrogen) atoms. The topological polar surface area (TPSA) is 78.8 Å². The van der Waals surface area contributed by atoms with E-state index in [0.29, 0.717) is 30.1 Å². The van der Waals surface area contributed by atoms with Gasteiger partial charge in [0.25, 0.3) is 10.0 Å². The summed E-state index contributed by atoms with van der Waals surface area (Å²) in [6.45, 7) is 0.708. The number of thiophene rings is 2. The molecule has 0 aliphatic carbocycles. The minimum atomic E-state index is -3.42. The zero-order valence-electron chi connectivity index (χ0n) is 12.8. The Labute approximate surface area is 148 Å². The first kappa shape index (κ1) is 17.3. The van der Waals surface area contributed by atoms with E-state index in [-0.39, 0.29) is 11.8 Å². The zero-order chi connectivity index (χ0) is 17.0. The van der Waals surface area contributed by atoms with Crippen LogP contribution in [0.25, 0.3) is 0 Å². The molecular formula is C15H17N3O3S3. The van der Waals surface area contributed by atoms with Gasteiger partial charge in [-0.15, -0.1) is 22.7 Å². The summed E-state index contributed by atoms with van der Waals surface area (Å²) in [6, 6.07) is 7.16. The second-order valence-electron chi connectivity index (χ2n) is 5.36. The van der Waals surface area contributed by atoms with Crippen molar-refractivity contribution in [2.24, 2.45) is 11.0 Å². The maximum Gasteiger partial charge on any atom is 0.252 e. The maximum atomic E-state index is 12.4. The summed E-state index contributed by atoms with van der Waals surface area (Å²) in [6.07, 6.45) is 2.62. The fourth-order valence-electron chi connectivity index (χ4n) is 2.51. The van der Waals surface area contributed by atoms with Gasteiger partial charge in [-0.3, -0.25) is 4.79 Å². The van der Waals surface area contributed by atoms with Gasteiger partial charge in [-0.05, 0) is 35.7 Å². The number of amides is 1. The van der Waals surface area contributed by atoms with Gasteiger partial charge in [0.15, 0.2) is 0 Å². The van der Waals surface area contributed by atoms with Crippen LogP contribution in [0.1, 0.15) is 17.7 Å². The molecular weight excluding hydrogens is 366 g/mol. The largest absolute Gasteiger partial charge is 0.273 e. The summed E-state index contributed by atoms with van der Waals surface area (Å²) in [5.74, 6) is -0.365. The second-order valence-corrected chi connectivity index (χ2v) is 9.45. The highest BCUT2D eigenvalue weighted by atomic mass is 32.2. The molecule has 0 aromatic carbocycles. The number of carbonyl (C=O) groups is 1. The normalized spacial score (nSPS) is 17.3. The fourth-order valence-corrected chi connectivity index (χ4v) is 5.71. The van der Waals surface area contributed by atoms with Gasteiger partial charge in [0.1, 0.15) is 4.21 Å². The summed E-state index contributed by atoms with van der Waals surface area (Å²) in [4.78, 5) is 13.1. The predicted octanol–water partition coefficient (Wildman–Crippen LogP) is 2.36. The Hall–Kier alpha value is -1.55. The van der Waals surface area contributed by atoms with Crippen LogP contribution in [-0.2, 0) is 14.8 Å². The summed E-state index contributed by atoms with van der Waals surface area (Å²) in [5, 5.41) is 7.64. The van der Waals surface area contributed by atoms with Crippen molar-refractivity contribution in [1.82, 2.24) is 9.73 Å². The molecule has 1 saturated heterocycles. The van der Waals surface area contributed by atoms with Gasteiger partial charge in [0.05, 0.1) is 6.21 Å². The van der Waals surface area contributed by atoms with Crippen molar-refractivity contribution in [3.8, 4) is 0 Å². The van der Waals surface area contributed by atoms with Crippen LogP contribution < -0.4 is 5.43 Å². The van der Waals surface area contributed by atoms with Gasteiger partial charge in [0.2, 0.25) is 5.91 Å². The van der Waals surface area contributed by atoms with E-state index in [1.54, 1.807) is 23.7 Å². The van der Waals surface area contributed by atoms with Gasteiger partial charge in [-0.2, -0.15) is 9.41 Å². The molecule has 1 fully saturated rings. The van der Waals surface area contributed by atoms with E-state index >= 15 is 0 Å². The lowest BCUT2D eigenvalue weighted by Gasteiger charge is -2.29. The molecule has 1 amide bonds. The summed E-state index contributed by atoms with van der Waals surface area (Å²) in [5.41, 5.74) is 2.54. The van der Waals surface area contributed by atoms with E-state index in [0.717, 1.165) is 4.88 Å². The highest BCUT2D eigenvalue weighted by Crippen LogP contribution is 2.26. The number of carbonyl (C=O) groups excluding carboxylic acids is 1. The molecule has 0 spiro atoms. The Morgan fingerprint density at radius 2 is 1.92 bits per heavy atom. The minimum absolute atomic E-state index is 0.157. The molecule has 3 rings (SSSR count). The highest BCUT2D eigenvalue weighted by molar-refractivity contribution is 7.91. The maximum absolute atomic E-state index is 12.4. The number of nitrogens with zero attached hydrogens (tertiary/aromatic N) is 2. The van der Waals surface area contributed by atoms with E-state index in [2.05, 4.69) is 10.5 Å². The molecule has 1 aliphatic heterocycles. The van der Waals surface area contributed by atoms with E-state index in [9.17, 15) is 13.2 Å². The van der Waals surface area contributed by atoms with Crippen molar-refractivity contribution in [1.29, 1.82) is 0 Å². The summed E-state index contributed by atoms with van der Waals surface area (Å²) in [7, 11) is -3.42. The van der Waals surface area contributed by atoms with Crippen molar-refractivity contribution in [2.45, 2.75) is 17.1 Å². The lowest BCUT2D eigenvalue weighted by molar-refractivity contribution is -0.126. The first-order valence-corrected chi connectivity index (χ1v) is 10.7. The van der Waals surface area contributed by atoms with Crippen molar-refractivity contribution in [3.63, 3.8) is 0 Å². The number of hydrogen-bond donors (Lipinski definition) is 1. The van der Waals surface area contributed by atoms with Gasteiger partial charge in [-0.1, -0.05) is 12.1 Å². The monoisotopic (exact) mass is 383 g/mol. The van der Waals surface area contributed by atoms with E-state index < -0.39 is 10.0 Å². The smallest absolute Gasteiger partial charge is 0.252 e. The van der Waals surface area contributed by atoms with Crippen molar-refractivity contribution >= 4 is 44.8 Å². The van der Waals surface area contributed by atoms with Crippen LogP contribution in [0.15, 0.2) is 44.3 Å². The molecule has 3 heterocycles. The Morgan fingerprint density at radius 1 is 1.21 bits per heavy atom. The van der Waals surface area contributed by atoms with E-state index in [4.69, 9.17) is 0 Å². The average Bonchev–Trinajstić information content (AvgIpc) is 3.29. The fraction of sp³-hybridized carbons (Fsp3) is 0.333. The van der Waals surface area contributed by atoms with Crippen LogP contribution in [0.4, 0.5) is 0 Å². The predicted molar refractivity (Wildman–Crippen MR) is 95.9 cm³/mol. The third-order valence-electron chi connectivity index (χ3n) is 3.82. The average molecular weight is 384 g/mol. The third-order valence-corrected chi connectivity index (χ3v) is 7.90. The van der Waals surface area contributed by atoms with E-state index in [1.807, 2.05) is 17.5 Å². The first-order chi connectivity index (χ1) is 11.6. The lowest BCUT2D eigenvalue weighted by Crippen LogP contribution is -2.42. The zero-order valence-corrected chi connectivity index (χ0v) is 15.2. The number of rotatable bonds is 5. The highest BCUT2D eigenvalue weighted by Gasteiger charge is 2.32. The van der Waals surface area contributed by atoms with Gasteiger partial charge >= 0.3 is 0 Å². The number of hydrazone groups is 1. The van der Waals surface area contributed by atoms with E-state index in [1.165, 1.54) is 27.0 Å². The van der Waals surface area contributed by atoms with Gasteiger partial charge in [0, 0.05) is 23.9 Å². The van der Waals surface area contributed by atoms with Gasteiger partial charge < -0.3 is 0 Å². The molecule has 1 N–H and O–H groups in total. The summed E-state index contributed by atoms with van der Waals surface area (Å²) < 4.78 is 26.7. The SMILES string of the molecule is O=C(N/N=C/c1cccs1)C1CCN(S(=O)(=O)c2cccs2)CC1. The van der Waals surface area contributed by atoms with Crippen LogP contribution in [0.2, 0.25) is 0 Å². The van der Waals surface area contributed by atoms with Crippen LogP contribution in [0, 0.1) is 5.92 Å². The molecule has 128 valence electrons. The molecule has 0 atom stereocenters. The number of hydrogen-bond acceptors (Lipinski definition) is 6. The van der Waals surface area contributed by atoms with Crippen LogP contribution in [-0.4, -0.2) is 37.9 Å². The van der Waals surface area contributed by atoms with Crippen LogP contribution >= 0.6 is 22.7 Å². The molecule has 1 aliphatic rings. The Balaban J connectivity index is 1.52. The molecule has 9 heteroatoms. The van der Waals surface area contributed by atoms with Gasteiger partial charge in [-0.25, -0.2) is 13.8 Å². The molecule has 2 aromatic rings. The number of nitrogens with one attached hydrogen (secondary N) is 1. The Bertz CT molecular complexity index is 790. The standard InChI is InChI=1S/C15H17N3O3S3/c19-15(17-16-11-13-3-1-9-22-13)12-5-7-18(8-6-12)24(20,21)14-4-2-10-23-14/h1-4,9-12H,5-8H2,(H,17,19)/b16-11+. The molecule has 0 radical (unpaired) electrons. The molecule has 0 unspecified atom stereocenters. The third kappa shape index (κ3) is 3.92. The van der Waals surface area contributed by atoms with Crippen molar-refractivity contribution in [3.05, 3.63) is 39.9 Å². The van der Waals surface area contributed by atoms with Crippen LogP contribution in [0.3, 0.4) is 0 Å². The quantitative estimate of drug-likeness (QED) is 0.636. The molecule has 0 bridgehead atoms. The number of piperidine rings is 1. The lowest BCUT2D eigenvalue weighted by atomic mass is 9.98. The number of sulfonamides is 1. The first-order valence-electron chi connectivity index (χ1n) is 7.47. The molecule has 6 nitrogen and oxygen atoms in total. The second kappa shape index (κ2) is 7.56. The Kier molecular flexibility index (Phi) is 5.44. The molecule has 2 aromatic heterocycles. The summed E-state index contributed by atoms with van der Waals surface area (Å²) >= 11 is 2.75. The minimum Gasteiger partial charge on any atom is -0.273 e. The van der Waals surface area contributed by atoms with Crippen molar-refractivity contribution < 1.29 is 13.2 Å². The Morgan fingerprint density at radius 3 is 2.54 bits per heavy atom. The van der Waals surface area contributed by atoms with Crippen molar-refractivity contribution in [2.75, 3.05) is 13.1 Å². The molecule has 0 saturated carbocycles. The van der Waals surface area contributed by atoms with Crippen LogP contribution in [0.5, 0.6) is 0 Å².